The second-order valence-corrected chi connectivity index (χ2v) is 6.57. The van der Waals surface area contributed by atoms with Crippen molar-refractivity contribution in [2.75, 3.05) is 23.4 Å². The Morgan fingerprint density at radius 3 is 2.46 bits per heavy atom. The third-order valence-corrected chi connectivity index (χ3v) is 4.31. The highest BCUT2D eigenvalue weighted by Crippen LogP contribution is 2.23. The first-order chi connectivity index (χ1) is 13.5. The highest BCUT2D eigenvalue weighted by atomic mass is 16.5. The van der Waals surface area contributed by atoms with E-state index >= 15 is 0 Å². The Kier molecular flexibility index (Phi) is 6.26. The number of amides is 4. The number of piperidine rings is 1. The summed E-state index contributed by atoms with van der Waals surface area (Å²) >= 11 is 0. The molecule has 1 heterocycles. The summed E-state index contributed by atoms with van der Waals surface area (Å²) in [5.41, 5.74) is 2.20. The number of ether oxygens (including phenoxy) is 1. The first kappa shape index (κ1) is 19.4. The number of carbonyl (C=O) groups is 3. The van der Waals surface area contributed by atoms with Gasteiger partial charge in [-0.3, -0.25) is 14.5 Å². The molecule has 1 aliphatic heterocycles. The normalized spacial score (nSPS) is 14.0. The predicted molar refractivity (Wildman–Crippen MR) is 106 cm³/mol. The van der Waals surface area contributed by atoms with E-state index in [1.54, 1.807) is 24.3 Å². The van der Waals surface area contributed by atoms with Crippen molar-refractivity contribution in [3.8, 4) is 5.75 Å². The van der Waals surface area contributed by atoms with Crippen LogP contribution in [0, 0.1) is 6.92 Å². The zero-order valence-electron chi connectivity index (χ0n) is 15.7. The Morgan fingerprint density at radius 2 is 1.79 bits per heavy atom. The van der Waals surface area contributed by atoms with Gasteiger partial charge in [-0.2, -0.15) is 0 Å². The van der Waals surface area contributed by atoms with Crippen LogP contribution in [0.5, 0.6) is 5.75 Å². The van der Waals surface area contributed by atoms with Crippen LogP contribution in [0.3, 0.4) is 0 Å². The van der Waals surface area contributed by atoms with Gasteiger partial charge < -0.3 is 15.4 Å². The maximum Gasteiger partial charge on any atom is 0.319 e. The van der Waals surface area contributed by atoms with E-state index in [4.69, 9.17) is 4.74 Å². The van der Waals surface area contributed by atoms with Gasteiger partial charge in [0.15, 0.2) is 0 Å². The van der Waals surface area contributed by atoms with Crippen LogP contribution in [0.25, 0.3) is 0 Å². The summed E-state index contributed by atoms with van der Waals surface area (Å²) in [6, 6.07) is 14.0. The molecule has 0 aromatic heterocycles. The van der Waals surface area contributed by atoms with E-state index in [9.17, 15) is 14.4 Å². The largest absolute Gasteiger partial charge is 0.492 e. The van der Waals surface area contributed by atoms with Crippen molar-refractivity contribution in [2.24, 2.45) is 0 Å². The molecule has 2 aromatic carbocycles. The molecule has 28 heavy (non-hydrogen) atoms. The molecule has 0 saturated carbocycles. The summed E-state index contributed by atoms with van der Waals surface area (Å²) in [4.78, 5) is 37.1. The van der Waals surface area contributed by atoms with Crippen molar-refractivity contribution < 1.29 is 19.1 Å². The molecular formula is C21H23N3O4. The maximum atomic E-state index is 12.0. The van der Waals surface area contributed by atoms with Gasteiger partial charge in [0.25, 0.3) is 0 Å². The van der Waals surface area contributed by atoms with Gasteiger partial charge >= 0.3 is 6.03 Å². The van der Waals surface area contributed by atoms with Crippen LogP contribution in [-0.2, 0) is 9.59 Å². The molecule has 0 bridgehead atoms. The van der Waals surface area contributed by atoms with Crippen LogP contribution in [-0.4, -0.2) is 31.0 Å². The number of carbonyl (C=O) groups excluding carboxylic acids is 3. The molecule has 4 amide bonds. The molecule has 1 saturated heterocycles. The van der Waals surface area contributed by atoms with Crippen molar-refractivity contribution >= 4 is 29.2 Å². The predicted octanol–water partition coefficient (Wildman–Crippen LogP) is 3.24. The highest BCUT2D eigenvalue weighted by molar-refractivity contribution is 6.16. The standard InChI is InChI=1S/C21H23N3O4/c1-15-4-2-5-18(14-15)28-13-12-22-21(27)23-16-8-10-17(11-9-16)24-19(25)6-3-7-20(24)26/h2,4-5,8-11,14H,3,6-7,12-13H2,1H3,(H2,22,23,27). The molecule has 2 aromatic rings. The van der Waals surface area contributed by atoms with Crippen molar-refractivity contribution in [1.82, 2.24) is 5.32 Å². The number of imide groups is 1. The lowest BCUT2D eigenvalue weighted by atomic mass is 10.1. The molecular weight excluding hydrogens is 358 g/mol. The number of urea groups is 1. The summed E-state index contributed by atoms with van der Waals surface area (Å²) in [5.74, 6) is 0.381. The Morgan fingerprint density at radius 1 is 1.07 bits per heavy atom. The number of hydrogen-bond acceptors (Lipinski definition) is 4. The van der Waals surface area contributed by atoms with Gasteiger partial charge in [-0.15, -0.1) is 0 Å². The maximum absolute atomic E-state index is 12.0. The van der Waals surface area contributed by atoms with Gasteiger partial charge in [0.2, 0.25) is 11.8 Å². The van der Waals surface area contributed by atoms with Crippen LogP contribution in [0.1, 0.15) is 24.8 Å². The Bertz CT molecular complexity index is 848. The fraction of sp³-hybridized carbons (Fsp3) is 0.286. The molecule has 1 aliphatic rings. The van der Waals surface area contributed by atoms with Crippen LogP contribution in [0.2, 0.25) is 0 Å². The van der Waals surface area contributed by atoms with Gasteiger partial charge in [0.1, 0.15) is 12.4 Å². The molecule has 3 rings (SSSR count). The number of benzene rings is 2. The molecule has 7 heteroatoms. The van der Waals surface area contributed by atoms with Gasteiger partial charge in [-0.25, -0.2) is 4.79 Å². The van der Waals surface area contributed by atoms with Crippen LogP contribution < -0.4 is 20.3 Å². The van der Waals surface area contributed by atoms with Gasteiger partial charge in [-0.05, 0) is 55.3 Å². The average molecular weight is 381 g/mol. The lowest BCUT2D eigenvalue weighted by molar-refractivity contribution is -0.129. The highest BCUT2D eigenvalue weighted by Gasteiger charge is 2.27. The third-order valence-electron chi connectivity index (χ3n) is 4.31. The molecule has 0 spiro atoms. The molecule has 146 valence electrons. The molecule has 0 atom stereocenters. The lowest BCUT2D eigenvalue weighted by Crippen LogP contribution is -2.40. The number of nitrogens with zero attached hydrogens (tertiary/aromatic N) is 1. The lowest BCUT2D eigenvalue weighted by Gasteiger charge is -2.24. The van der Waals surface area contributed by atoms with Gasteiger partial charge in [-0.1, -0.05) is 12.1 Å². The second kappa shape index (κ2) is 9.03. The first-order valence-corrected chi connectivity index (χ1v) is 9.23. The van der Waals surface area contributed by atoms with Crippen LogP contribution >= 0.6 is 0 Å². The monoisotopic (exact) mass is 381 g/mol. The second-order valence-electron chi connectivity index (χ2n) is 6.57. The molecule has 7 nitrogen and oxygen atoms in total. The van der Waals surface area contributed by atoms with Crippen molar-refractivity contribution in [2.45, 2.75) is 26.2 Å². The number of nitrogens with one attached hydrogen (secondary N) is 2. The van der Waals surface area contributed by atoms with E-state index in [1.807, 2.05) is 31.2 Å². The van der Waals surface area contributed by atoms with Gasteiger partial charge in [0.05, 0.1) is 12.2 Å². The third kappa shape index (κ3) is 5.09. The fourth-order valence-electron chi connectivity index (χ4n) is 2.95. The number of anilines is 2. The fourth-order valence-corrected chi connectivity index (χ4v) is 2.95. The number of hydrogen-bond donors (Lipinski definition) is 2. The zero-order chi connectivity index (χ0) is 19.9. The Hall–Kier alpha value is -3.35. The summed E-state index contributed by atoms with van der Waals surface area (Å²) in [7, 11) is 0. The van der Waals surface area contributed by atoms with E-state index in [1.165, 1.54) is 4.90 Å². The minimum atomic E-state index is -0.356. The van der Waals surface area contributed by atoms with Crippen molar-refractivity contribution in [3.05, 3.63) is 54.1 Å². The molecule has 0 unspecified atom stereocenters. The van der Waals surface area contributed by atoms with E-state index in [2.05, 4.69) is 10.6 Å². The minimum Gasteiger partial charge on any atom is -0.492 e. The quantitative estimate of drug-likeness (QED) is 0.594. The summed E-state index contributed by atoms with van der Waals surface area (Å²) in [6.07, 6.45) is 1.35. The van der Waals surface area contributed by atoms with Gasteiger partial charge in [0, 0.05) is 18.5 Å². The van der Waals surface area contributed by atoms with E-state index in [0.29, 0.717) is 43.8 Å². The molecule has 1 fully saturated rings. The van der Waals surface area contributed by atoms with E-state index < -0.39 is 0 Å². The van der Waals surface area contributed by atoms with E-state index in [-0.39, 0.29) is 17.8 Å². The Labute approximate surface area is 163 Å². The molecule has 2 N–H and O–H groups in total. The summed E-state index contributed by atoms with van der Waals surface area (Å²) in [5, 5.41) is 5.42. The Balaban J connectivity index is 1.45. The topological polar surface area (TPSA) is 87.7 Å². The van der Waals surface area contributed by atoms with Crippen molar-refractivity contribution in [3.63, 3.8) is 0 Å². The smallest absolute Gasteiger partial charge is 0.319 e. The first-order valence-electron chi connectivity index (χ1n) is 9.23. The minimum absolute atomic E-state index is 0.191. The summed E-state index contributed by atoms with van der Waals surface area (Å²) < 4.78 is 5.58. The average Bonchev–Trinajstić information content (AvgIpc) is 2.66. The molecule has 0 radical (unpaired) electrons. The number of aryl methyl sites for hydroxylation is 1. The van der Waals surface area contributed by atoms with Crippen LogP contribution in [0.4, 0.5) is 16.2 Å². The number of rotatable bonds is 6. The zero-order valence-corrected chi connectivity index (χ0v) is 15.7. The SMILES string of the molecule is Cc1cccc(OCCNC(=O)Nc2ccc(N3C(=O)CCCC3=O)cc2)c1. The van der Waals surface area contributed by atoms with Crippen molar-refractivity contribution in [1.29, 1.82) is 0 Å². The van der Waals surface area contributed by atoms with E-state index in [0.717, 1.165) is 11.3 Å². The summed E-state index contributed by atoms with van der Waals surface area (Å²) in [6.45, 7) is 2.70. The van der Waals surface area contributed by atoms with Crippen LogP contribution in [0.15, 0.2) is 48.5 Å². The molecule has 0 aliphatic carbocycles.